The zero-order valence-corrected chi connectivity index (χ0v) is 16.8. The topological polar surface area (TPSA) is 135 Å². The lowest BCUT2D eigenvalue weighted by molar-refractivity contribution is -0.270. The van der Waals surface area contributed by atoms with Gasteiger partial charge >= 0.3 is 0 Å². The highest BCUT2D eigenvalue weighted by Gasteiger charge is 2.46. The second-order valence-electron chi connectivity index (χ2n) is 7.17. The van der Waals surface area contributed by atoms with Gasteiger partial charge in [-0.2, -0.15) is 0 Å². The van der Waals surface area contributed by atoms with Gasteiger partial charge in [0, 0.05) is 27.2 Å². The number of nitrogens with one attached hydrogen (secondary N) is 1. The molecular weight excluding hydrogens is 396 g/mol. The molecule has 10 nitrogen and oxygen atoms in total. The van der Waals surface area contributed by atoms with Crippen molar-refractivity contribution in [2.45, 2.75) is 44.0 Å². The molecule has 3 rings (SSSR count). The summed E-state index contributed by atoms with van der Waals surface area (Å²) in [4.78, 5) is 37.5. The highest BCUT2D eigenvalue weighted by atomic mass is 16.7. The summed E-state index contributed by atoms with van der Waals surface area (Å²) in [6.45, 7) is 1.10. The van der Waals surface area contributed by atoms with E-state index in [0.717, 1.165) is 4.90 Å². The summed E-state index contributed by atoms with van der Waals surface area (Å²) in [6, 6.07) is 5.83. The number of ether oxygens (including phenoxy) is 3. The second-order valence-corrected chi connectivity index (χ2v) is 7.17. The van der Waals surface area contributed by atoms with Crippen LogP contribution in [0, 0.1) is 0 Å². The number of carbonyl (C=O) groups excluding carboxylic acids is 3. The molecule has 3 unspecified atom stereocenters. The Morgan fingerprint density at radius 1 is 1.23 bits per heavy atom. The second kappa shape index (κ2) is 9.63. The Bertz CT molecular complexity index is 766. The van der Waals surface area contributed by atoms with Crippen LogP contribution in [0.4, 0.5) is 0 Å². The van der Waals surface area contributed by atoms with Gasteiger partial charge in [-0.15, -0.1) is 0 Å². The van der Waals surface area contributed by atoms with E-state index in [1.165, 1.54) is 14.0 Å². The lowest BCUT2D eigenvalue weighted by Crippen LogP contribution is -2.65. The molecule has 3 N–H and O–H groups in total. The predicted octanol–water partition coefficient (Wildman–Crippen LogP) is -0.713. The largest absolute Gasteiger partial charge is 0.394 e. The van der Waals surface area contributed by atoms with Gasteiger partial charge in [0.2, 0.25) is 5.91 Å². The Balaban J connectivity index is 1.61. The van der Waals surface area contributed by atoms with Crippen LogP contribution < -0.4 is 5.32 Å². The van der Waals surface area contributed by atoms with Crippen molar-refractivity contribution < 1.29 is 38.8 Å². The standard InChI is InChI=1S/C20H26N2O8/c1-11(24)21-15-17(16(25)14(10-23)30-20(15)28-2)29-9-5-8-22-18(26)12-6-3-4-7-13(12)19(22)27/h3-4,6-7,14-17,20,23,25H,5,8-10H2,1-2H3,(H,21,24)/t14?,15?,16-,17?,20-/m0/s1. The third kappa shape index (κ3) is 4.37. The summed E-state index contributed by atoms with van der Waals surface area (Å²) in [5.74, 6) is -1.06. The van der Waals surface area contributed by atoms with Gasteiger partial charge in [-0.3, -0.25) is 19.3 Å². The highest BCUT2D eigenvalue weighted by Crippen LogP contribution is 2.25. The normalized spacial score (nSPS) is 28.5. The van der Waals surface area contributed by atoms with Crippen LogP contribution in [0.15, 0.2) is 24.3 Å². The molecule has 164 valence electrons. The number of hydrogen-bond donors (Lipinski definition) is 3. The number of aliphatic hydroxyl groups excluding tert-OH is 2. The van der Waals surface area contributed by atoms with Gasteiger partial charge in [-0.1, -0.05) is 12.1 Å². The molecule has 30 heavy (non-hydrogen) atoms. The Kier molecular flexibility index (Phi) is 7.16. The molecule has 3 amide bonds. The molecule has 1 aromatic carbocycles. The van der Waals surface area contributed by atoms with Crippen molar-refractivity contribution >= 4 is 17.7 Å². The minimum Gasteiger partial charge on any atom is -0.394 e. The van der Waals surface area contributed by atoms with Crippen LogP contribution in [0.5, 0.6) is 0 Å². The number of carbonyl (C=O) groups is 3. The molecule has 1 saturated heterocycles. The molecule has 0 aromatic heterocycles. The first-order valence-electron chi connectivity index (χ1n) is 9.70. The molecule has 0 bridgehead atoms. The number of aliphatic hydroxyl groups is 2. The first-order valence-corrected chi connectivity index (χ1v) is 9.70. The van der Waals surface area contributed by atoms with E-state index in [1.807, 2.05) is 0 Å². The molecule has 0 spiro atoms. The van der Waals surface area contributed by atoms with E-state index < -0.39 is 37.3 Å². The maximum absolute atomic E-state index is 12.4. The molecule has 1 aromatic rings. The Labute approximate surface area is 173 Å². The predicted molar refractivity (Wildman–Crippen MR) is 103 cm³/mol. The van der Waals surface area contributed by atoms with Crippen molar-refractivity contribution in [1.29, 1.82) is 0 Å². The summed E-state index contributed by atoms with van der Waals surface area (Å²) < 4.78 is 16.5. The fourth-order valence-electron chi connectivity index (χ4n) is 3.74. The summed E-state index contributed by atoms with van der Waals surface area (Å²) in [7, 11) is 1.38. The number of benzene rings is 1. The highest BCUT2D eigenvalue weighted by molar-refractivity contribution is 6.21. The van der Waals surface area contributed by atoms with Crippen molar-refractivity contribution in [1.82, 2.24) is 10.2 Å². The maximum Gasteiger partial charge on any atom is 0.261 e. The van der Waals surface area contributed by atoms with E-state index in [-0.39, 0.29) is 30.9 Å². The van der Waals surface area contributed by atoms with E-state index >= 15 is 0 Å². The van der Waals surface area contributed by atoms with Gasteiger partial charge in [-0.25, -0.2) is 0 Å². The number of nitrogens with zero attached hydrogens (tertiary/aromatic N) is 1. The number of hydrogen-bond acceptors (Lipinski definition) is 8. The van der Waals surface area contributed by atoms with Gasteiger partial charge in [0.15, 0.2) is 6.29 Å². The molecule has 2 aliphatic heterocycles. The van der Waals surface area contributed by atoms with Crippen molar-refractivity contribution in [2.75, 3.05) is 26.9 Å². The van der Waals surface area contributed by atoms with Crippen LogP contribution in [-0.4, -0.2) is 90.3 Å². The van der Waals surface area contributed by atoms with Gasteiger partial charge in [0.1, 0.15) is 24.4 Å². The third-order valence-electron chi connectivity index (χ3n) is 5.17. The molecule has 0 radical (unpaired) electrons. The van der Waals surface area contributed by atoms with Crippen molar-refractivity contribution in [3.05, 3.63) is 35.4 Å². The quantitative estimate of drug-likeness (QED) is 0.369. The van der Waals surface area contributed by atoms with Gasteiger partial charge < -0.3 is 29.7 Å². The third-order valence-corrected chi connectivity index (χ3v) is 5.17. The van der Waals surface area contributed by atoms with E-state index in [1.54, 1.807) is 24.3 Å². The summed E-state index contributed by atoms with van der Waals surface area (Å²) in [6.07, 6.45) is -3.66. The van der Waals surface area contributed by atoms with Gasteiger partial charge in [-0.05, 0) is 18.6 Å². The molecule has 2 heterocycles. The van der Waals surface area contributed by atoms with Crippen LogP contribution in [0.2, 0.25) is 0 Å². The number of rotatable bonds is 8. The average Bonchev–Trinajstić information content (AvgIpc) is 2.97. The fraction of sp³-hybridized carbons (Fsp3) is 0.550. The molecule has 10 heteroatoms. The van der Waals surface area contributed by atoms with Crippen LogP contribution >= 0.6 is 0 Å². The smallest absolute Gasteiger partial charge is 0.261 e. The van der Waals surface area contributed by atoms with Crippen LogP contribution in [0.1, 0.15) is 34.1 Å². The number of methoxy groups -OCH3 is 1. The van der Waals surface area contributed by atoms with E-state index in [2.05, 4.69) is 5.32 Å². The zero-order valence-electron chi connectivity index (χ0n) is 16.8. The Hall–Kier alpha value is -2.37. The molecule has 0 saturated carbocycles. The average molecular weight is 422 g/mol. The number of fused-ring (bicyclic) bond motifs is 1. The summed E-state index contributed by atoms with van der Waals surface area (Å²) in [5.41, 5.74) is 0.755. The molecular formula is C20H26N2O8. The first kappa shape index (κ1) is 22.3. The monoisotopic (exact) mass is 422 g/mol. The molecule has 0 aliphatic carbocycles. The SMILES string of the molecule is CO[C@H]1OC(CO)[C@H](O)C(OCCCN2C(=O)c3ccccc3C2=O)C1NC(C)=O. The molecule has 1 fully saturated rings. The minimum atomic E-state index is -1.21. The van der Waals surface area contributed by atoms with Gasteiger partial charge in [0.25, 0.3) is 11.8 Å². The van der Waals surface area contributed by atoms with Crippen molar-refractivity contribution in [2.24, 2.45) is 0 Å². The summed E-state index contributed by atoms with van der Waals surface area (Å²) in [5, 5.41) is 22.6. The number of amides is 3. The van der Waals surface area contributed by atoms with Crippen molar-refractivity contribution in [3.8, 4) is 0 Å². The first-order chi connectivity index (χ1) is 14.4. The van der Waals surface area contributed by atoms with E-state index in [0.29, 0.717) is 17.5 Å². The van der Waals surface area contributed by atoms with Gasteiger partial charge in [0.05, 0.1) is 17.7 Å². The molecule has 5 atom stereocenters. The minimum absolute atomic E-state index is 0.0970. The summed E-state index contributed by atoms with van der Waals surface area (Å²) >= 11 is 0. The molecule has 2 aliphatic rings. The maximum atomic E-state index is 12.4. The Morgan fingerprint density at radius 2 is 1.87 bits per heavy atom. The van der Waals surface area contributed by atoms with E-state index in [4.69, 9.17) is 14.2 Å². The van der Waals surface area contributed by atoms with Crippen LogP contribution in [-0.2, 0) is 19.0 Å². The van der Waals surface area contributed by atoms with E-state index in [9.17, 15) is 24.6 Å². The van der Waals surface area contributed by atoms with Crippen LogP contribution in [0.3, 0.4) is 0 Å². The van der Waals surface area contributed by atoms with Crippen molar-refractivity contribution in [3.63, 3.8) is 0 Å². The fourth-order valence-corrected chi connectivity index (χ4v) is 3.74. The van der Waals surface area contributed by atoms with Crippen LogP contribution in [0.25, 0.3) is 0 Å². The Morgan fingerprint density at radius 3 is 2.40 bits per heavy atom. The lowest BCUT2D eigenvalue weighted by Gasteiger charge is -2.43. The number of imide groups is 1. The zero-order chi connectivity index (χ0) is 21.8. The lowest BCUT2D eigenvalue weighted by atomic mass is 9.96.